The highest BCUT2D eigenvalue weighted by Gasteiger charge is 2.75. The summed E-state index contributed by atoms with van der Waals surface area (Å²) in [6.07, 6.45) is 4.76. The first-order chi connectivity index (χ1) is 20.1. The second kappa shape index (κ2) is 12.3. The van der Waals surface area contributed by atoms with Gasteiger partial charge in [-0.15, -0.1) is 0 Å². The van der Waals surface area contributed by atoms with Crippen LogP contribution in [0.15, 0.2) is 53.0 Å². The molecule has 1 spiro atoms. The standard InChI is InChI=1S/C31H38BrN3O7/c1-18(2)22(17-36)35-27-29(39)34(16-20-10-6-4-7-11-20)13-9-5-8-12-23(37)33-15-19(3)41-30(40)24-25(28(35)38)31(27)14-21(32)26(24)42-31/h4-7,9-11,14,18-19,22,24-27,36H,8,12-13,15-17H2,1-3H3,(H,33,37)/b9-5-/t19-,22-,24+,25-,26+,27+,31-/m0/s1. The van der Waals surface area contributed by atoms with Crippen molar-refractivity contribution in [3.8, 4) is 0 Å². The SMILES string of the molecule is CC(C)[C@H](CO)N1C(=O)[C@@H]2[C@H]3C(=O)O[C@@H](C)CNC(=O)CC/C=C\CN(Cc4ccccc4)C(=O)[C@@H]1[C@]21C=C(Br)[C@H]3O1. The van der Waals surface area contributed by atoms with Crippen LogP contribution in [0, 0.1) is 17.8 Å². The van der Waals surface area contributed by atoms with Crippen LogP contribution in [0.3, 0.4) is 0 Å². The molecule has 4 aliphatic heterocycles. The number of benzene rings is 1. The van der Waals surface area contributed by atoms with E-state index in [0.717, 1.165) is 5.56 Å². The van der Waals surface area contributed by atoms with Gasteiger partial charge in [-0.25, -0.2) is 0 Å². The molecule has 4 aliphatic rings. The van der Waals surface area contributed by atoms with Gasteiger partial charge in [-0.1, -0.05) is 72.3 Å². The van der Waals surface area contributed by atoms with Crippen molar-refractivity contribution in [3.05, 3.63) is 58.6 Å². The van der Waals surface area contributed by atoms with Gasteiger partial charge in [0.2, 0.25) is 17.7 Å². The highest BCUT2D eigenvalue weighted by atomic mass is 79.9. The first-order valence-electron chi connectivity index (χ1n) is 14.5. The van der Waals surface area contributed by atoms with Gasteiger partial charge >= 0.3 is 5.97 Å². The summed E-state index contributed by atoms with van der Waals surface area (Å²) in [5, 5.41) is 13.3. The molecule has 1 aromatic carbocycles. The topological polar surface area (TPSA) is 125 Å². The fourth-order valence-corrected chi connectivity index (χ4v) is 7.33. The number of likely N-dealkylation sites (tertiary alicyclic amines) is 1. The Morgan fingerprint density at radius 2 is 1.86 bits per heavy atom. The highest BCUT2D eigenvalue weighted by Crippen LogP contribution is 2.59. The van der Waals surface area contributed by atoms with Gasteiger partial charge in [-0.3, -0.25) is 19.2 Å². The molecule has 0 radical (unpaired) electrons. The maximum atomic E-state index is 14.7. The summed E-state index contributed by atoms with van der Waals surface area (Å²) < 4.78 is 12.8. The highest BCUT2D eigenvalue weighted by molar-refractivity contribution is 9.11. The monoisotopic (exact) mass is 643 g/mol. The molecule has 10 nitrogen and oxygen atoms in total. The van der Waals surface area contributed by atoms with Crippen LogP contribution in [0.4, 0.5) is 0 Å². The summed E-state index contributed by atoms with van der Waals surface area (Å²) in [6.45, 7) is 5.73. The van der Waals surface area contributed by atoms with E-state index in [9.17, 15) is 24.3 Å². The molecule has 2 N–H and O–H groups in total. The number of aliphatic hydroxyl groups is 1. The molecular weight excluding hydrogens is 606 g/mol. The Balaban J connectivity index is 1.62. The number of allylic oxidation sites excluding steroid dienone is 1. The number of aliphatic hydroxyl groups excluding tert-OH is 1. The van der Waals surface area contributed by atoms with E-state index in [-0.39, 0.29) is 50.4 Å². The Morgan fingerprint density at radius 1 is 1.12 bits per heavy atom. The van der Waals surface area contributed by atoms with Gasteiger partial charge in [0.05, 0.1) is 25.1 Å². The van der Waals surface area contributed by atoms with Gasteiger partial charge in [0.15, 0.2) is 0 Å². The zero-order valence-corrected chi connectivity index (χ0v) is 25.7. The van der Waals surface area contributed by atoms with Crippen molar-refractivity contribution >= 4 is 39.6 Å². The lowest BCUT2D eigenvalue weighted by Crippen LogP contribution is -2.59. The zero-order valence-electron chi connectivity index (χ0n) is 24.1. The number of esters is 1. The number of fused-ring (bicyclic) bond motifs is 2. The van der Waals surface area contributed by atoms with Crippen molar-refractivity contribution in [1.29, 1.82) is 0 Å². The maximum Gasteiger partial charge on any atom is 0.313 e. The molecular formula is C31H38BrN3O7. The van der Waals surface area contributed by atoms with E-state index in [0.29, 0.717) is 10.9 Å². The third-order valence-electron chi connectivity index (χ3n) is 8.65. The lowest BCUT2D eigenvalue weighted by Gasteiger charge is -2.40. The van der Waals surface area contributed by atoms with E-state index >= 15 is 0 Å². The number of nitrogens with one attached hydrogen (secondary N) is 1. The number of carbonyl (C=O) groups excluding carboxylic acids is 4. The fraction of sp³-hybridized carbons (Fsp3) is 0.548. The number of rotatable bonds is 5. The Kier molecular flexibility index (Phi) is 8.91. The van der Waals surface area contributed by atoms with Crippen molar-refractivity contribution in [2.45, 2.75) is 70.1 Å². The average Bonchev–Trinajstić information content (AvgIpc) is 3.54. The largest absolute Gasteiger partial charge is 0.460 e. The van der Waals surface area contributed by atoms with Crippen LogP contribution in [-0.2, 0) is 35.2 Å². The first kappa shape index (κ1) is 30.4. The molecule has 0 aromatic heterocycles. The number of ether oxygens (including phenoxy) is 2. The third kappa shape index (κ3) is 5.42. The van der Waals surface area contributed by atoms with Gasteiger partial charge in [-0.2, -0.15) is 0 Å². The van der Waals surface area contributed by atoms with Crippen LogP contribution in [-0.4, -0.2) is 88.2 Å². The minimum absolute atomic E-state index is 0.130. The van der Waals surface area contributed by atoms with Gasteiger partial charge in [0.1, 0.15) is 29.8 Å². The van der Waals surface area contributed by atoms with Crippen molar-refractivity contribution in [2.24, 2.45) is 17.8 Å². The number of hydrogen-bond acceptors (Lipinski definition) is 7. The zero-order chi connectivity index (χ0) is 30.2. The predicted molar refractivity (Wildman–Crippen MR) is 157 cm³/mol. The molecule has 2 fully saturated rings. The van der Waals surface area contributed by atoms with Crippen molar-refractivity contribution < 1.29 is 33.8 Å². The van der Waals surface area contributed by atoms with Crippen molar-refractivity contribution in [3.63, 3.8) is 0 Å². The molecule has 226 valence electrons. The molecule has 0 aliphatic carbocycles. The van der Waals surface area contributed by atoms with E-state index in [1.807, 2.05) is 56.3 Å². The summed E-state index contributed by atoms with van der Waals surface area (Å²) in [5.41, 5.74) is -0.519. The number of nitrogens with zero attached hydrogens (tertiary/aromatic N) is 2. The minimum atomic E-state index is -1.42. The molecule has 5 bridgehead atoms. The molecule has 11 heteroatoms. The summed E-state index contributed by atoms with van der Waals surface area (Å²) in [7, 11) is 0. The number of halogens is 1. The van der Waals surface area contributed by atoms with Crippen LogP contribution in [0.5, 0.6) is 0 Å². The number of carbonyl (C=O) groups is 4. The quantitative estimate of drug-likeness (QED) is 0.373. The second-order valence-corrected chi connectivity index (χ2v) is 12.7. The van der Waals surface area contributed by atoms with E-state index in [1.165, 1.54) is 4.90 Å². The second-order valence-electron chi connectivity index (χ2n) is 11.8. The Hall–Kier alpha value is -3.02. The van der Waals surface area contributed by atoms with Crippen LogP contribution in [0.1, 0.15) is 39.2 Å². The van der Waals surface area contributed by atoms with Gasteiger partial charge in [0.25, 0.3) is 0 Å². The molecule has 0 unspecified atom stereocenters. The first-order valence-corrected chi connectivity index (χ1v) is 15.3. The van der Waals surface area contributed by atoms with Crippen LogP contribution in [0.25, 0.3) is 0 Å². The molecule has 7 atom stereocenters. The van der Waals surface area contributed by atoms with Gasteiger partial charge in [-0.05, 0) is 30.9 Å². The minimum Gasteiger partial charge on any atom is -0.460 e. The number of amides is 3. The maximum absolute atomic E-state index is 14.7. The average molecular weight is 645 g/mol. The lowest BCUT2D eigenvalue weighted by atomic mass is 9.74. The summed E-state index contributed by atoms with van der Waals surface area (Å²) in [5.74, 6) is -3.75. The summed E-state index contributed by atoms with van der Waals surface area (Å²) in [6, 6.07) is 7.75. The fourth-order valence-electron chi connectivity index (χ4n) is 6.59. The van der Waals surface area contributed by atoms with Gasteiger partial charge in [0, 0.05) is 24.0 Å². The smallest absolute Gasteiger partial charge is 0.313 e. The number of hydrogen-bond donors (Lipinski definition) is 2. The summed E-state index contributed by atoms with van der Waals surface area (Å²) in [4.78, 5) is 58.2. The molecule has 4 heterocycles. The molecule has 42 heavy (non-hydrogen) atoms. The molecule has 5 rings (SSSR count). The van der Waals surface area contributed by atoms with E-state index in [1.54, 1.807) is 17.9 Å². The Labute approximate surface area is 254 Å². The van der Waals surface area contributed by atoms with E-state index < -0.39 is 53.6 Å². The summed E-state index contributed by atoms with van der Waals surface area (Å²) >= 11 is 3.55. The van der Waals surface area contributed by atoms with E-state index in [4.69, 9.17) is 9.47 Å². The Morgan fingerprint density at radius 3 is 2.55 bits per heavy atom. The third-order valence-corrected chi connectivity index (χ3v) is 9.33. The predicted octanol–water partition coefficient (Wildman–Crippen LogP) is 2.30. The lowest BCUT2D eigenvalue weighted by molar-refractivity contribution is -0.159. The molecule has 3 amide bonds. The Bertz CT molecular complexity index is 1280. The molecule has 1 aromatic rings. The van der Waals surface area contributed by atoms with Crippen molar-refractivity contribution in [2.75, 3.05) is 19.7 Å². The van der Waals surface area contributed by atoms with Gasteiger partial charge < -0.3 is 29.7 Å². The normalized spacial score (nSPS) is 33.4. The van der Waals surface area contributed by atoms with Crippen LogP contribution in [0.2, 0.25) is 0 Å². The van der Waals surface area contributed by atoms with Crippen LogP contribution < -0.4 is 5.32 Å². The van der Waals surface area contributed by atoms with E-state index in [2.05, 4.69) is 21.2 Å². The molecule has 0 saturated carbocycles. The molecule has 2 saturated heterocycles. The van der Waals surface area contributed by atoms with Crippen molar-refractivity contribution in [1.82, 2.24) is 15.1 Å². The number of cyclic esters (lactones) is 1. The van der Waals surface area contributed by atoms with Crippen LogP contribution >= 0.6 is 15.9 Å².